The molecule has 0 aromatic heterocycles. The van der Waals surface area contributed by atoms with Gasteiger partial charge in [0.05, 0.1) is 6.04 Å². The zero-order valence-corrected chi connectivity index (χ0v) is 14.2. The van der Waals surface area contributed by atoms with Gasteiger partial charge in [0, 0.05) is 25.2 Å². The standard InChI is InChI=1S/C22H23FN2/c23-21-14-8-7-13-20(21)17-24-15-16-25-22(18-9-3-1-4-10-18)19-11-5-2-6-12-19/h1-14,22,24-25H,15-17H2. The molecule has 3 aromatic rings. The molecule has 0 saturated heterocycles. The zero-order chi connectivity index (χ0) is 17.3. The third-order valence-corrected chi connectivity index (χ3v) is 4.19. The molecule has 0 amide bonds. The van der Waals surface area contributed by atoms with Crippen molar-refractivity contribution < 1.29 is 4.39 Å². The summed E-state index contributed by atoms with van der Waals surface area (Å²) in [7, 11) is 0. The molecule has 0 radical (unpaired) electrons. The first-order valence-electron chi connectivity index (χ1n) is 8.62. The summed E-state index contributed by atoms with van der Waals surface area (Å²) in [5, 5.41) is 6.90. The van der Waals surface area contributed by atoms with E-state index in [1.54, 1.807) is 6.07 Å². The minimum absolute atomic E-state index is 0.151. The zero-order valence-electron chi connectivity index (χ0n) is 14.2. The van der Waals surface area contributed by atoms with Crippen LogP contribution in [0.15, 0.2) is 84.9 Å². The Balaban J connectivity index is 1.56. The van der Waals surface area contributed by atoms with E-state index in [0.717, 1.165) is 13.1 Å². The summed E-state index contributed by atoms with van der Waals surface area (Å²) >= 11 is 0. The fourth-order valence-corrected chi connectivity index (χ4v) is 2.89. The molecule has 0 heterocycles. The Kier molecular flexibility index (Phi) is 6.32. The minimum Gasteiger partial charge on any atom is -0.311 e. The lowest BCUT2D eigenvalue weighted by atomic mass is 9.99. The van der Waals surface area contributed by atoms with E-state index >= 15 is 0 Å². The smallest absolute Gasteiger partial charge is 0.127 e. The average molecular weight is 334 g/mol. The van der Waals surface area contributed by atoms with Gasteiger partial charge in [0.15, 0.2) is 0 Å². The molecule has 0 unspecified atom stereocenters. The van der Waals surface area contributed by atoms with E-state index in [0.29, 0.717) is 12.1 Å². The Morgan fingerprint density at radius 3 is 1.84 bits per heavy atom. The first-order valence-corrected chi connectivity index (χ1v) is 8.62. The van der Waals surface area contributed by atoms with Crippen molar-refractivity contribution in [2.75, 3.05) is 13.1 Å². The van der Waals surface area contributed by atoms with Gasteiger partial charge in [-0.2, -0.15) is 0 Å². The lowest BCUT2D eigenvalue weighted by Gasteiger charge is -2.20. The van der Waals surface area contributed by atoms with Crippen LogP contribution < -0.4 is 10.6 Å². The molecule has 0 saturated carbocycles. The average Bonchev–Trinajstić information content (AvgIpc) is 2.67. The van der Waals surface area contributed by atoms with Gasteiger partial charge in [-0.05, 0) is 17.2 Å². The first kappa shape index (κ1) is 17.3. The molecule has 25 heavy (non-hydrogen) atoms. The number of benzene rings is 3. The van der Waals surface area contributed by atoms with Crippen molar-refractivity contribution in [3.63, 3.8) is 0 Å². The van der Waals surface area contributed by atoms with Crippen LogP contribution in [0, 0.1) is 5.82 Å². The van der Waals surface area contributed by atoms with Crippen molar-refractivity contribution in [2.24, 2.45) is 0 Å². The molecule has 3 heteroatoms. The molecule has 0 aliphatic heterocycles. The molecule has 0 bridgehead atoms. The normalized spacial score (nSPS) is 11.0. The van der Waals surface area contributed by atoms with E-state index in [4.69, 9.17) is 0 Å². The van der Waals surface area contributed by atoms with E-state index in [-0.39, 0.29) is 11.9 Å². The maximum Gasteiger partial charge on any atom is 0.127 e. The lowest BCUT2D eigenvalue weighted by Crippen LogP contribution is -2.30. The van der Waals surface area contributed by atoms with Crippen molar-refractivity contribution in [3.05, 3.63) is 107 Å². The molecule has 0 spiro atoms. The molecule has 3 rings (SSSR count). The largest absolute Gasteiger partial charge is 0.311 e. The summed E-state index contributed by atoms with van der Waals surface area (Å²) in [5.74, 6) is -0.158. The van der Waals surface area contributed by atoms with Crippen molar-refractivity contribution in [3.8, 4) is 0 Å². The van der Waals surface area contributed by atoms with Gasteiger partial charge in [-0.25, -0.2) is 4.39 Å². The van der Waals surface area contributed by atoms with Crippen molar-refractivity contribution in [1.29, 1.82) is 0 Å². The first-order chi connectivity index (χ1) is 12.3. The summed E-state index contributed by atoms with van der Waals surface area (Å²) in [6.45, 7) is 2.10. The Morgan fingerprint density at radius 1 is 0.680 bits per heavy atom. The highest BCUT2D eigenvalue weighted by atomic mass is 19.1. The van der Waals surface area contributed by atoms with Gasteiger partial charge in [0.1, 0.15) is 5.82 Å². The van der Waals surface area contributed by atoms with Crippen LogP contribution in [0.25, 0.3) is 0 Å². The van der Waals surface area contributed by atoms with E-state index in [1.165, 1.54) is 17.2 Å². The summed E-state index contributed by atoms with van der Waals surface area (Å²) in [5.41, 5.74) is 3.18. The van der Waals surface area contributed by atoms with Gasteiger partial charge in [-0.3, -0.25) is 0 Å². The van der Waals surface area contributed by atoms with Gasteiger partial charge < -0.3 is 10.6 Å². The number of nitrogens with one attached hydrogen (secondary N) is 2. The second kappa shape index (κ2) is 9.11. The van der Waals surface area contributed by atoms with Gasteiger partial charge in [-0.15, -0.1) is 0 Å². The van der Waals surface area contributed by atoms with E-state index in [1.807, 2.05) is 24.3 Å². The lowest BCUT2D eigenvalue weighted by molar-refractivity contribution is 0.551. The van der Waals surface area contributed by atoms with Crippen molar-refractivity contribution in [1.82, 2.24) is 10.6 Å². The number of hydrogen-bond donors (Lipinski definition) is 2. The molecule has 128 valence electrons. The Bertz CT molecular complexity index is 720. The van der Waals surface area contributed by atoms with Crippen LogP contribution in [0.5, 0.6) is 0 Å². The van der Waals surface area contributed by atoms with Gasteiger partial charge >= 0.3 is 0 Å². The van der Waals surface area contributed by atoms with Crippen LogP contribution in [0.3, 0.4) is 0 Å². The summed E-state index contributed by atoms with van der Waals surface area (Å²) in [6.07, 6.45) is 0. The maximum atomic E-state index is 13.6. The quantitative estimate of drug-likeness (QED) is 0.600. The van der Waals surface area contributed by atoms with Crippen LogP contribution in [0.2, 0.25) is 0 Å². The second-order valence-electron chi connectivity index (χ2n) is 5.98. The Hall–Kier alpha value is -2.49. The van der Waals surface area contributed by atoms with Gasteiger partial charge in [0.2, 0.25) is 0 Å². The molecule has 0 fully saturated rings. The van der Waals surface area contributed by atoms with Crippen LogP contribution in [-0.2, 0) is 6.54 Å². The van der Waals surface area contributed by atoms with Crippen molar-refractivity contribution >= 4 is 0 Å². The Morgan fingerprint density at radius 2 is 1.24 bits per heavy atom. The molecule has 0 atom stereocenters. The predicted molar refractivity (Wildman–Crippen MR) is 101 cm³/mol. The summed E-state index contributed by atoms with van der Waals surface area (Å²) < 4.78 is 13.6. The van der Waals surface area contributed by atoms with Crippen LogP contribution in [-0.4, -0.2) is 13.1 Å². The predicted octanol–water partition coefficient (Wildman–Crippen LogP) is 4.29. The molecule has 3 aromatic carbocycles. The van der Waals surface area contributed by atoms with Gasteiger partial charge in [0.25, 0.3) is 0 Å². The summed E-state index contributed by atoms with van der Waals surface area (Å²) in [4.78, 5) is 0. The Labute approximate surface area is 148 Å². The van der Waals surface area contributed by atoms with Gasteiger partial charge in [-0.1, -0.05) is 78.9 Å². The topological polar surface area (TPSA) is 24.1 Å². The number of halogens is 1. The molecule has 2 N–H and O–H groups in total. The van der Waals surface area contributed by atoms with Crippen molar-refractivity contribution in [2.45, 2.75) is 12.6 Å². The fraction of sp³-hybridized carbons (Fsp3) is 0.182. The maximum absolute atomic E-state index is 13.6. The number of rotatable bonds is 8. The third-order valence-electron chi connectivity index (χ3n) is 4.19. The molecule has 0 aliphatic carbocycles. The minimum atomic E-state index is -0.158. The van der Waals surface area contributed by atoms with E-state index in [2.05, 4.69) is 59.2 Å². The monoisotopic (exact) mass is 334 g/mol. The van der Waals surface area contributed by atoms with Crippen LogP contribution >= 0.6 is 0 Å². The second-order valence-corrected chi connectivity index (χ2v) is 5.98. The highest BCUT2D eigenvalue weighted by Gasteiger charge is 2.12. The third kappa shape index (κ3) is 4.99. The fourth-order valence-electron chi connectivity index (χ4n) is 2.89. The van der Waals surface area contributed by atoms with E-state index < -0.39 is 0 Å². The molecule has 0 aliphatic rings. The molecular weight excluding hydrogens is 311 g/mol. The summed E-state index contributed by atoms with van der Waals surface area (Å²) in [6, 6.07) is 27.9. The molecular formula is C22H23FN2. The highest BCUT2D eigenvalue weighted by molar-refractivity contribution is 5.31. The highest BCUT2D eigenvalue weighted by Crippen LogP contribution is 2.21. The SMILES string of the molecule is Fc1ccccc1CNCCNC(c1ccccc1)c1ccccc1. The van der Waals surface area contributed by atoms with Crippen LogP contribution in [0.1, 0.15) is 22.7 Å². The van der Waals surface area contributed by atoms with E-state index in [9.17, 15) is 4.39 Å². The van der Waals surface area contributed by atoms with Crippen LogP contribution in [0.4, 0.5) is 4.39 Å². The molecule has 2 nitrogen and oxygen atoms in total. The number of hydrogen-bond acceptors (Lipinski definition) is 2.